The molecule has 0 bridgehead atoms. The maximum atomic E-state index is 12.5. The molecule has 3 aromatic rings. The van der Waals surface area contributed by atoms with Crippen molar-refractivity contribution in [3.63, 3.8) is 0 Å². The number of aromatic nitrogens is 1. The normalized spacial score (nSPS) is 10.7. The molecule has 25 heavy (non-hydrogen) atoms. The van der Waals surface area contributed by atoms with Crippen molar-refractivity contribution in [1.29, 1.82) is 0 Å². The number of rotatable bonds is 4. The number of hydrogen-bond acceptors (Lipinski definition) is 4. The Balaban J connectivity index is 2.28. The molecular formula is C20H19NO4. The summed E-state index contributed by atoms with van der Waals surface area (Å²) in [6.07, 6.45) is 0. The third kappa shape index (κ3) is 3.13. The Kier molecular flexibility index (Phi) is 4.57. The zero-order valence-corrected chi connectivity index (χ0v) is 14.4. The van der Waals surface area contributed by atoms with Crippen LogP contribution in [0.4, 0.5) is 0 Å². The van der Waals surface area contributed by atoms with E-state index in [4.69, 9.17) is 9.47 Å². The second-order valence-electron chi connectivity index (χ2n) is 5.62. The van der Waals surface area contributed by atoms with Gasteiger partial charge in [-0.25, -0.2) is 4.79 Å². The van der Waals surface area contributed by atoms with Crippen molar-refractivity contribution < 1.29 is 19.1 Å². The van der Waals surface area contributed by atoms with E-state index in [1.165, 1.54) is 6.92 Å². The first-order valence-electron chi connectivity index (χ1n) is 8.09. The number of nitrogens with zero attached hydrogens (tertiary/aromatic N) is 1. The summed E-state index contributed by atoms with van der Waals surface area (Å²) >= 11 is 0. The molecule has 1 aromatic heterocycles. The molecular weight excluding hydrogens is 318 g/mol. The van der Waals surface area contributed by atoms with Crippen LogP contribution >= 0.6 is 0 Å². The van der Waals surface area contributed by atoms with Crippen molar-refractivity contribution in [3.05, 3.63) is 59.8 Å². The molecule has 0 radical (unpaired) electrons. The van der Waals surface area contributed by atoms with Crippen LogP contribution in [-0.4, -0.2) is 23.1 Å². The molecule has 0 saturated heterocycles. The Morgan fingerprint density at radius 2 is 1.80 bits per heavy atom. The van der Waals surface area contributed by atoms with Gasteiger partial charge in [0.05, 0.1) is 17.7 Å². The van der Waals surface area contributed by atoms with Crippen LogP contribution in [0.3, 0.4) is 0 Å². The Hall–Kier alpha value is -3.08. The van der Waals surface area contributed by atoms with Crippen molar-refractivity contribution in [2.24, 2.45) is 0 Å². The molecule has 0 atom stereocenters. The standard InChI is InChI=1S/C20H19NO4/c1-4-24-20(23)19-13(2)21(15-8-6-5-7-9-15)18-11-10-16(12-17(18)19)25-14(3)22/h5-12H,4H2,1-3H3. The predicted molar refractivity (Wildman–Crippen MR) is 95.3 cm³/mol. The molecule has 0 aliphatic heterocycles. The highest BCUT2D eigenvalue weighted by molar-refractivity contribution is 6.07. The molecule has 5 heteroatoms. The van der Waals surface area contributed by atoms with E-state index in [1.807, 2.05) is 47.9 Å². The average Bonchev–Trinajstić information content (AvgIpc) is 2.86. The molecule has 3 rings (SSSR count). The fourth-order valence-corrected chi connectivity index (χ4v) is 3.00. The zero-order chi connectivity index (χ0) is 18.0. The molecule has 1 heterocycles. The number of carbonyl (C=O) groups excluding carboxylic acids is 2. The van der Waals surface area contributed by atoms with Gasteiger partial charge in [-0.2, -0.15) is 0 Å². The third-order valence-corrected chi connectivity index (χ3v) is 3.93. The van der Waals surface area contributed by atoms with Crippen molar-refractivity contribution in [2.75, 3.05) is 6.61 Å². The highest BCUT2D eigenvalue weighted by Crippen LogP contribution is 2.32. The Morgan fingerprint density at radius 1 is 1.08 bits per heavy atom. The summed E-state index contributed by atoms with van der Waals surface area (Å²) in [6, 6.07) is 15.0. The summed E-state index contributed by atoms with van der Waals surface area (Å²) in [5.41, 5.74) is 3.05. The second kappa shape index (κ2) is 6.81. The van der Waals surface area contributed by atoms with Crippen LogP contribution in [0.2, 0.25) is 0 Å². The molecule has 0 N–H and O–H groups in total. The largest absolute Gasteiger partial charge is 0.462 e. The number of para-hydroxylation sites is 1. The van der Waals surface area contributed by atoms with Crippen molar-refractivity contribution in [1.82, 2.24) is 4.57 Å². The number of fused-ring (bicyclic) bond motifs is 1. The summed E-state index contributed by atoms with van der Waals surface area (Å²) in [6.45, 7) is 5.29. The fourth-order valence-electron chi connectivity index (χ4n) is 3.00. The van der Waals surface area contributed by atoms with Gasteiger partial charge in [0, 0.05) is 23.7 Å². The summed E-state index contributed by atoms with van der Waals surface area (Å²) in [7, 11) is 0. The van der Waals surface area contributed by atoms with Gasteiger partial charge in [-0.3, -0.25) is 4.79 Å². The summed E-state index contributed by atoms with van der Waals surface area (Å²) in [4.78, 5) is 23.8. The van der Waals surface area contributed by atoms with Gasteiger partial charge in [0.15, 0.2) is 0 Å². The van der Waals surface area contributed by atoms with E-state index in [0.717, 1.165) is 16.9 Å². The van der Waals surface area contributed by atoms with Crippen LogP contribution in [-0.2, 0) is 9.53 Å². The molecule has 5 nitrogen and oxygen atoms in total. The summed E-state index contributed by atoms with van der Waals surface area (Å²) < 4.78 is 12.4. The van der Waals surface area contributed by atoms with E-state index < -0.39 is 5.97 Å². The smallest absolute Gasteiger partial charge is 0.340 e. The molecule has 0 unspecified atom stereocenters. The van der Waals surface area contributed by atoms with Crippen LogP contribution in [0.15, 0.2) is 48.5 Å². The molecule has 0 aliphatic carbocycles. The quantitative estimate of drug-likeness (QED) is 0.532. The van der Waals surface area contributed by atoms with E-state index in [-0.39, 0.29) is 5.97 Å². The number of benzene rings is 2. The first kappa shape index (κ1) is 16.8. The van der Waals surface area contributed by atoms with Crippen molar-refractivity contribution in [3.8, 4) is 11.4 Å². The lowest BCUT2D eigenvalue weighted by molar-refractivity contribution is -0.131. The second-order valence-corrected chi connectivity index (χ2v) is 5.62. The highest BCUT2D eigenvalue weighted by Gasteiger charge is 2.22. The van der Waals surface area contributed by atoms with E-state index >= 15 is 0 Å². The van der Waals surface area contributed by atoms with Crippen LogP contribution in [0, 0.1) is 6.92 Å². The number of ether oxygens (including phenoxy) is 2. The highest BCUT2D eigenvalue weighted by atomic mass is 16.5. The van der Waals surface area contributed by atoms with Gasteiger partial charge >= 0.3 is 11.9 Å². The molecule has 2 aromatic carbocycles. The van der Waals surface area contributed by atoms with Crippen molar-refractivity contribution >= 4 is 22.8 Å². The number of hydrogen-bond donors (Lipinski definition) is 0. The molecule has 0 fully saturated rings. The SMILES string of the molecule is CCOC(=O)c1c(C)n(-c2ccccc2)c2ccc(OC(C)=O)cc12. The van der Waals surface area contributed by atoms with Crippen LogP contribution in [0.1, 0.15) is 29.9 Å². The Morgan fingerprint density at radius 3 is 2.44 bits per heavy atom. The Labute approximate surface area is 145 Å². The lowest BCUT2D eigenvalue weighted by Crippen LogP contribution is -2.07. The molecule has 0 amide bonds. The van der Waals surface area contributed by atoms with Gasteiger partial charge in [0.25, 0.3) is 0 Å². The zero-order valence-electron chi connectivity index (χ0n) is 14.4. The van der Waals surface area contributed by atoms with E-state index in [9.17, 15) is 9.59 Å². The van der Waals surface area contributed by atoms with Crippen molar-refractivity contribution in [2.45, 2.75) is 20.8 Å². The van der Waals surface area contributed by atoms with Gasteiger partial charge in [-0.15, -0.1) is 0 Å². The van der Waals surface area contributed by atoms with E-state index in [1.54, 1.807) is 19.1 Å². The fraction of sp³-hybridized carbons (Fsp3) is 0.200. The maximum absolute atomic E-state index is 12.5. The lowest BCUT2D eigenvalue weighted by atomic mass is 10.1. The van der Waals surface area contributed by atoms with Crippen LogP contribution in [0.25, 0.3) is 16.6 Å². The third-order valence-electron chi connectivity index (χ3n) is 3.93. The number of esters is 2. The average molecular weight is 337 g/mol. The Bertz CT molecular complexity index is 941. The van der Waals surface area contributed by atoms with Gasteiger partial charge in [0.2, 0.25) is 0 Å². The van der Waals surface area contributed by atoms with Crippen LogP contribution < -0.4 is 4.74 Å². The summed E-state index contributed by atoms with van der Waals surface area (Å²) in [5, 5.41) is 0.693. The predicted octanol–water partition coefficient (Wildman–Crippen LogP) is 4.04. The van der Waals surface area contributed by atoms with Gasteiger partial charge in [-0.05, 0) is 44.2 Å². The number of carbonyl (C=O) groups is 2. The minimum Gasteiger partial charge on any atom is -0.462 e. The van der Waals surface area contributed by atoms with E-state index in [2.05, 4.69) is 0 Å². The summed E-state index contributed by atoms with van der Waals surface area (Å²) in [5.74, 6) is -0.397. The van der Waals surface area contributed by atoms with Gasteiger partial charge < -0.3 is 14.0 Å². The van der Waals surface area contributed by atoms with Gasteiger partial charge in [0.1, 0.15) is 5.75 Å². The molecule has 0 aliphatic rings. The van der Waals surface area contributed by atoms with Crippen LogP contribution in [0.5, 0.6) is 5.75 Å². The minimum absolute atomic E-state index is 0.292. The van der Waals surface area contributed by atoms with E-state index in [0.29, 0.717) is 23.3 Å². The monoisotopic (exact) mass is 337 g/mol. The minimum atomic E-state index is -0.406. The first-order valence-corrected chi connectivity index (χ1v) is 8.09. The molecule has 0 spiro atoms. The topological polar surface area (TPSA) is 57.5 Å². The maximum Gasteiger partial charge on any atom is 0.340 e. The molecule has 0 saturated carbocycles. The lowest BCUT2D eigenvalue weighted by Gasteiger charge is -2.08. The first-order chi connectivity index (χ1) is 12.0. The van der Waals surface area contributed by atoms with Gasteiger partial charge in [-0.1, -0.05) is 18.2 Å². The molecule has 128 valence electrons.